The maximum Gasteiger partial charge on any atom is 0.224 e. The lowest BCUT2D eigenvalue weighted by atomic mass is 10.1. The highest BCUT2D eigenvalue weighted by molar-refractivity contribution is 5.90. The van der Waals surface area contributed by atoms with E-state index in [2.05, 4.69) is 15.5 Å². The number of nitrogens with zero attached hydrogens (tertiary/aromatic N) is 1. The second kappa shape index (κ2) is 5.16. The molecule has 0 spiro atoms. The van der Waals surface area contributed by atoms with Gasteiger partial charge in [0.05, 0.1) is 11.9 Å². The first-order chi connectivity index (χ1) is 8.24. The van der Waals surface area contributed by atoms with Crippen molar-refractivity contribution in [2.45, 2.75) is 12.8 Å². The number of aromatic nitrogens is 2. The first-order valence-corrected chi connectivity index (χ1v) is 5.37. The lowest BCUT2D eigenvalue weighted by Gasteiger charge is -2.03. The van der Waals surface area contributed by atoms with Crippen LogP contribution >= 0.6 is 0 Å². The van der Waals surface area contributed by atoms with Gasteiger partial charge in [-0.3, -0.25) is 9.89 Å². The van der Waals surface area contributed by atoms with E-state index in [1.54, 1.807) is 12.4 Å². The molecule has 2 aromatic rings. The van der Waals surface area contributed by atoms with Crippen molar-refractivity contribution in [2.75, 3.05) is 11.1 Å². The number of rotatable bonds is 4. The number of nitrogens with one attached hydrogen (secondary N) is 2. The summed E-state index contributed by atoms with van der Waals surface area (Å²) in [6.45, 7) is 0. The molecule has 0 aliphatic carbocycles. The third-order valence-corrected chi connectivity index (χ3v) is 2.37. The molecule has 88 valence electrons. The topological polar surface area (TPSA) is 83.8 Å². The number of nitrogen functional groups attached to an aromatic ring is 1. The van der Waals surface area contributed by atoms with E-state index < -0.39 is 0 Å². The van der Waals surface area contributed by atoms with Gasteiger partial charge in [-0.25, -0.2) is 0 Å². The highest BCUT2D eigenvalue weighted by atomic mass is 16.1. The van der Waals surface area contributed by atoms with Gasteiger partial charge >= 0.3 is 0 Å². The van der Waals surface area contributed by atoms with Gasteiger partial charge in [-0.15, -0.1) is 0 Å². The van der Waals surface area contributed by atoms with Crippen molar-refractivity contribution in [3.8, 4) is 0 Å². The number of benzene rings is 1. The summed E-state index contributed by atoms with van der Waals surface area (Å²) in [5, 5.41) is 9.13. The molecule has 0 saturated heterocycles. The molecule has 2 rings (SSSR count). The molecule has 1 aromatic carbocycles. The van der Waals surface area contributed by atoms with Crippen molar-refractivity contribution < 1.29 is 4.79 Å². The fraction of sp³-hybridized carbons (Fsp3) is 0.167. The van der Waals surface area contributed by atoms with Crippen LogP contribution in [0.4, 0.5) is 11.4 Å². The lowest BCUT2D eigenvalue weighted by molar-refractivity contribution is -0.116. The summed E-state index contributed by atoms with van der Waals surface area (Å²) >= 11 is 0. The van der Waals surface area contributed by atoms with Crippen LogP contribution in [0.25, 0.3) is 0 Å². The van der Waals surface area contributed by atoms with Gasteiger partial charge in [-0.1, -0.05) is 12.1 Å². The number of hydrogen-bond acceptors (Lipinski definition) is 3. The quantitative estimate of drug-likeness (QED) is 0.697. The average Bonchev–Trinajstić information content (AvgIpc) is 2.79. The molecular weight excluding hydrogens is 216 g/mol. The molecule has 1 aromatic heterocycles. The number of carbonyl (C=O) groups is 1. The minimum atomic E-state index is -0.0335. The summed E-state index contributed by atoms with van der Waals surface area (Å²) < 4.78 is 0. The summed E-state index contributed by atoms with van der Waals surface area (Å²) in [5.41, 5.74) is 8.13. The molecule has 17 heavy (non-hydrogen) atoms. The van der Waals surface area contributed by atoms with Gasteiger partial charge in [0.15, 0.2) is 0 Å². The predicted molar refractivity (Wildman–Crippen MR) is 66.4 cm³/mol. The molecule has 1 heterocycles. The molecular formula is C12H14N4O. The van der Waals surface area contributed by atoms with Crippen LogP contribution in [-0.4, -0.2) is 16.1 Å². The van der Waals surface area contributed by atoms with Crippen LogP contribution in [-0.2, 0) is 11.2 Å². The molecule has 4 N–H and O–H groups in total. The van der Waals surface area contributed by atoms with E-state index in [-0.39, 0.29) is 5.91 Å². The van der Waals surface area contributed by atoms with Crippen LogP contribution in [0, 0.1) is 0 Å². The maximum atomic E-state index is 11.6. The van der Waals surface area contributed by atoms with E-state index in [1.165, 1.54) is 0 Å². The predicted octanol–water partition coefficient (Wildman–Crippen LogP) is 1.56. The first-order valence-electron chi connectivity index (χ1n) is 5.37. The number of carbonyl (C=O) groups excluding carboxylic acids is 1. The molecule has 0 saturated carbocycles. The molecule has 0 atom stereocenters. The van der Waals surface area contributed by atoms with Gasteiger partial charge in [-0.2, -0.15) is 5.10 Å². The minimum Gasteiger partial charge on any atom is -0.399 e. The molecule has 5 nitrogen and oxygen atoms in total. The van der Waals surface area contributed by atoms with E-state index in [4.69, 9.17) is 5.73 Å². The number of aromatic amines is 1. The molecule has 0 unspecified atom stereocenters. The van der Waals surface area contributed by atoms with Crippen LogP contribution in [0.2, 0.25) is 0 Å². The number of H-pyrrole nitrogens is 1. The Bertz CT molecular complexity index is 493. The number of anilines is 2. The molecule has 0 aliphatic heterocycles. The Labute approximate surface area is 99.0 Å². The summed E-state index contributed by atoms with van der Waals surface area (Å²) in [7, 11) is 0. The van der Waals surface area contributed by atoms with Gasteiger partial charge < -0.3 is 11.1 Å². The fourth-order valence-corrected chi connectivity index (χ4v) is 1.55. The Hall–Kier alpha value is -2.30. The van der Waals surface area contributed by atoms with Gasteiger partial charge in [-0.05, 0) is 24.1 Å². The molecule has 0 bridgehead atoms. The smallest absolute Gasteiger partial charge is 0.224 e. The highest BCUT2D eigenvalue weighted by Crippen LogP contribution is 2.09. The number of hydrogen-bond donors (Lipinski definition) is 3. The molecule has 0 aliphatic rings. The maximum absolute atomic E-state index is 11.6. The second-order valence-electron chi connectivity index (χ2n) is 3.78. The Morgan fingerprint density at radius 2 is 2.35 bits per heavy atom. The van der Waals surface area contributed by atoms with Crippen LogP contribution < -0.4 is 11.1 Å². The zero-order valence-corrected chi connectivity index (χ0v) is 9.31. The van der Waals surface area contributed by atoms with Gasteiger partial charge in [0, 0.05) is 18.3 Å². The fourth-order valence-electron chi connectivity index (χ4n) is 1.55. The van der Waals surface area contributed by atoms with Crippen LogP contribution in [0.15, 0.2) is 36.7 Å². The summed E-state index contributed by atoms with van der Waals surface area (Å²) in [6, 6.07) is 7.56. The summed E-state index contributed by atoms with van der Waals surface area (Å²) in [4.78, 5) is 11.6. The third kappa shape index (κ3) is 3.34. The van der Waals surface area contributed by atoms with Crippen LogP contribution in [0.5, 0.6) is 0 Å². The Morgan fingerprint density at radius 1 is 1.47 bits per heavy atom. The van der Waals surface area contributed by atoms with E-state index in [9.17, 15) is 4.79 Å². The van der Waals surface area contributed by atoms with Gasteiger partial charge in [0.25, 0.3) is 0 Å². The van der Waals surface area contributed by atoms with E-state index >= 15 is 0 Å². The molecule has 0 fully saturated rings. The minimum absolute atomic E-state index is 0.0335. The SMILES string of the molecule is Nc1cccc(CCC(=O)Nc2cn[nH]c2)c1. The van der Waals surface area contributed by atoms with Gasteiger partial charge in [0.1, 0.15) is 0 Å². The zero-order chi connectivity index (χ0) is 12.1. The highest BCUT2D eigenvalue weighted by Gasteiger charge is 2.03. The summed E-state index contributed by atoms with van der Waals surface area (Å²) in [6.07, 6.45) is 4.31. The lowest BCUT2D eigenvalue weighted by Crippen LogP contribution is -2.11. The van der Waals surface area contributed by atoms with E-state index in [0.717, 1.165) is 11.3 Å². The van der Waals surface area contributed by atoms with Crippen LogP contribution in [0.1, 0.15) is 12.0 Å². The Kier molecular flexibility index (Phi) is 3.40. The van der Waals surface area contributed by atoms with Crippen molar-refractivity contribution in [1.29, 1.82) is 0 Å². The standard InChI is InChI=1S/C12H14N4O/c13-10-3-1-2-9(6-10)4-5-12(17)16-11-7-14-15-8-11/h1-3,6-8H,4-5,13H2,(H,14,15)(H,16,17). The molecule has 0 radical (unpaired) electrons. The van der Waals surface area contributed by atoms with Crippen molar-refractivity contribution in [2.24, 2.45) is 0 Å². The third-order valence-electron chi connectivity index (χ3n) is 2.37. The van der Waals surface area contributed by atoms with Crippen molar-refractivity contribution in [1.82, 2.24) is 10.2 Å². The van der Waals surface area contributed by atoms with Crippen LogP contribution in [0.3, 0.4) is 0 Å². The number of amides is 1. The second-order valence-corrected chi connectivity index (χ2v) is 3.78. The Morgan fingerprint density at radius 3 is 3.06 bits per heavy atom. The van der Waals surface area contributed by atoms with E-state index in [0.29, 0.717) is 18.5 Å². The van der Waals surface area contributed by atoms with E-state index in [1.807, 2.05) is 24.3 Å². The normalized spacial score (nSPS) is 10.1. The monoisotopic (exact) mass is 230 g/mol. The number of nitrogens with two attached hydrogens (primary N) is 1. The first kappa shape index (κ1) is 11.2. The van der Waals surface area contributed by atoms with Crippen molar-refractivity contribution in [3.05, 3.63) is 42.2 Å². The average molecular weight is 230 g/mol. The zero-order valence-electron chi connectivity index (χ0n) is 9.31. The summed E-state index contributed by atoms with van der Waals surface area (Å²) in [5.74, 6) is -0.0335. The Balaban J connectivity index is 1.84. The van der Waals surface area contributed by atoms with Crippen molar-refractivity contribution in [3.63, 3.8) is 0 Å². The van der Waals surface area contributed by atoms with Crippen molar-refractivity contribution >= 4 is 17.3 Å². The van der Waals surface area contributed by atoms with Gasteiger partial charge in [0.2, 0.25) is 5.91 Å². The molecule has 5 heteroatoms. The number of aryl methyl sites for hydroxylation is 1. The molecule has 1 amide bonds. The largest absolute Gasteiger partial charge is 0.399 e.